The molecule has 0 radical (unpaired) electrons. The van der Waals surface area contributed by atoms with Gasteiger partial charge in [0.25, 0.3) is 5.91 Å². The molecule has 3 heterocycles. The van der Waals surface area contributed by atoms with Crippen molar-refractivity contribution in [1.82, 2.24) is 15.1 Å². The van der Waals surface area contributed by atoms with Crippen LogP contribution >= 0.6 is 0 Å². The number of anilines is 1. The average molecular weight is 324 g/mol. The predicted octanol–water partition coefficient (Wildman–Crippen LogP) is 2.17. The van der Waals surface area contributed by atoms with Crippen LogP contribution in [-0.4, -0.2) is 46.5 Å². The summed E-state index contributed by atoms with van der Waals surface area (Å²) in [5.74, 6) is 0.466. The Bertz CT molecular complexity index is 756. The first-order valence-electron chi connectivity index (χ1n) is 8.42. The van der Waals surface area contributed by atoms with E-state index in [0.717, 1.165) is 31.6 Å². The number of carbonyl (C=O) groups excluding carboxylic acids is 2. The number of rotatable bonds is 4. The van der Waals surface area contributed by atoms with Crippen LogP contribution < -0.4 is 4.90 Å². The zero-order chi connectivity index (χ0) is 16.5. The van der Waals surface area contributed by atoms with E-state index in [4.69, 9.17) is 0 Å². The van der Waals surface area contributed by atoms with Gasteiger partial charge in [-0.05, 0) is 30.5 Å². The third kappa shape index (κ3) is 2.58. The van der Waals surface area contributed by atoms with Crippen molar-refractivity contribution in [3.8, 4) is 0 Å². The third-order valence-electron chi connectivity index (χ3n) is 4.97. The molecule has 1 saturated heterocycles. The molecule has 1 N–H and O–H groups in total. The highest BCUT2D eigenvalue weighted by atomic mass is 16.2. The van der Waals surface area contributed by atoms with E-state index >= 15 is 0 Å². The quantitative estimate of drug-likeness (QED) is 0.937. The molecule has 1 atom stereocenters. The van der Waals surface area contributed by atoms with Gasteiger partial charge >= 0.3 is 0 Å². The van der Waals surface area contributed by atoms with E-state index in [1.165, 1.54) is 5.56 Å². The smallest absolute Gasteiger partial charge is 0.276 e. The van der Waals surface area contributed by atoms with Crippen LogP contribution in [0.4, 0.5) is 5.69 Å². The number of aromatic amines is 1. The average Bonchev–Trinajstić information content (AvgIpc) is 3.33. The molecule has 124 valence electrons. The van der Waals surface area contributed by atoms with E-state index in [9.17, 15) is 9.59 Å². The number of carbonyl (C=O) groups is 2. The van der Waals surface area contributed by atoms with E-state index in [2.05, 4.69) is 16.3 Å². The van der Waals surface area contributed by atoms with Crippen molar-refractivity contribution in [2.75, 3.05) is 24.5 Å². The third-order valence-corrected chi connectivity index (χ3v) is 4.97. The van der Waals surface area contributed by atoms with Gasteiger partial charge in [0.05, 0.1) is 0 Å². The van der Waals surface area contributed by atoms with Gasteiger partial charge in [0, 0.05) is 43.9 Å². The maximum Gasteiger partial charge on any atom is 0.276 e. The normalized spacial score (nSPS) is 19.8. The Morgan fingerprint density at radius 2 is 2.17 bits per heavy atom. The van der Waals surface area contributed by atoms with Crippen LogP contribution in [0.2, 0.25) is 0 Å². The van der Waals surface area contributed by atoms with Crippen molar-refractivity contribution in [3.05, 3.63) is 47.8 Å². The number of nitrogens with zero attached hydrogens (tertiary/aromatic N) is 3. The molecule has 0 aliphatic carbocycles. The number of fused-ring (bicyclic) bond motifs is 1. The number of likely N-dealkylation sites (tertiary alicyclic amines) is 1. The number of benzene rings is 1. The molecule has 2 aliphatic heterocycles. The Morgan fingerprint density at radius 3 is 2.92 bits per heavy atom. The molecule has 6 nitrogen and oxygen atoms in total. The number of H-pyrrole nitrogens is 1. The lowest BCUT2D eigenvalue weighted by Crippen LogP contribution is -2.31. The largest absolute Gasteiger partial charge is 0.343 e. The van der Waals surface area contributed by atoms with Crippen molar-refractivity contribution in [2.45, 2.75) is 25.2 Å². The SMILES string of the molecule is O=C1CCCN1CC[C@H]1CN(C(=O)c2ccn[nH]2)c2ccccc21. The summed E-state index contributed by atoms with van der Waals surface area (Å²) in [4.78, 5) is 28.3. The lowest BCUT2D eigenvalue weighted by atomic mass is 9.98. The molecule has 1 aromatic heterocycles. The molecule has 0 unspecified atom stereocenters. The molecule has 2 aromatic rings. The van der Waals surface area contributed by atoms with Crippen molar-refractivity contribution in [3.63, 3.8) is 0 Å². The number of aromatic nitrogens is 2. The summed E-state index contributed by atoms with van der Waals surface area (Å²) in [7, 11) is 0. The summed E-state index contributed by atoms with van der Waals surface area (Å²) in [6.45, 7) is 2.28. The monoisotopic (exact) mass is 324 g/mol. The van der Waals surface area contributed by atoms with Crippen LogP contribution in [0, 0.1) is 0 Å². The number of nitrogens with one attached hydrogen (secondary N) is 1. The molecule has 0 saturated carbocycles. The molecule has 0 spiro atoms. The van der Waals surface area contributed by atoms with E-state index in [1.54, 1.807) is 12.3 Å². The Morgan fingerprint density at radius 1 is 1.29 bits per heavy atom. The lowest BCUT2D eigenvalue weighted by Gasteiger charge is -2.19. The highest BCUT2D eigenvalue weighted by Gasteiger charge is 2.33. The first kappa shape index (κ1) is 14.9. The van der Waals surface area contributed by atoms with Crippen molar-refractivity contribution in [2.24, 2.45) is 0 Å². The van der Waals surface area contributed by atoms with Crippen LogP contribution in [0.5, 0.6) is 0 Å². The fraction of sp³-hybridized carbons (Fsp3) is 0.389. The number of hydrogen-bond acceptors (Lipinski definition) is 3. The molecule has 6 heteroatoms. The molecule has 4 rings (SSSR count). The number of hydrogen-bond donors (Lipinski definition) is 1. The second kappa shape index (κ2) is 6.11. The van der Waals surface area contributed by atoms with Crippen LogP contribution in [0.3, 0.4) is 0 Å². The number of amides is 2. The van der Waals surface area contributed by atoms with Crippen LogP contribution in [0.25, 0.3) is 0 Å². The summed E-state index contributed by atoms with van der Waals surface area (Å²) in [5.41, 5.74) is 2.66. The van der Waals surface area contributed by atoms with Gasteiger partial charge in [0.2, 0.25) is 5.91 Å². The summed E-state index contributed by atoms with van der Waals surface area (Å²) >= 11 is 0. The molecular weight excluding hydrogens is 304 g/mol. The zero-order valence-electron chi connectivity index (χ0n) is 13.4. The standard InChI is InChI=1S/C18H20N4O2/c23-17-6-3-10-21(17)11-8-13-12-22(16-5-2-1-4-14(13)16)18(24)15-7-9-19-20-15/h1-2,4-5,7,9,13H,3,6,8,10-12H2,(H,19,20)/t13-/m0/s1. The fourth-order valence-corrected chi connectivity index (χ4v) is 3.71. The highest BCUT2D eigenvalue weighted by Crippen LogP contribution is 2.38. The van der Waals surface area contributed by atoms with E-state index in [-0.39, 0.29) is 17.7 Å². The first-order chi connectivity index (χ1) is 11.7. The van der Waals surface area contributed by atoms with Gasteiger partial charge in [-0.25, -0.2) is 0 Å². The summed E-state index contributed by atoms with van der Waals surface area (Å²) in [6, 6.07) is 9.74. The second-order valence-corrected chi connectivity index (χ2v) is 6.41. The Labute approximate surface area is 140 Å². The maximum absolute atomic E-state index is 12.7. The molecular formula is C18H20N4O2. The molecule has 1 fully saturated rings. The minimum Gasteiger partial charge on any atom is -0.343 e. The fourth-order valence-electron chi connectivity index (χ4n) is 3.71. The van der Waals surface area contributed by atoms with Gasteiger partial charge in [-0.15, -0.1) is 0 Å². The molecule has 24 heavy (non-hydrogen) atoms. The van der Waals surface area contributed by atoms with Gasteiger partial charge in [-0.3, -0.25) is 14.7 Å². The minimum atomic E-state index is -0.0558. The van der Waals surface area contributed by atoms with Gasteiger partial charge in [0.15, 0.2) is 0 Å². The molecule has 0 bridgehead atoms. The Balaban J connectivity index is 1.52. The van der Waals surface area contributed by atoms with Crippen LogP contribution in [0.15, 0.2) is 36.5 Å². The summed E-state index contributed by atoms with van der Waals surface area (Å²) < 4.78 is 0. The highest BCUT2D eigenvalue weighted by molar-refractivity contribution is 6.06. The minimum absolute atomic E-state index is 0.0558. The summed E-state index contributed by atoms with van der Waals surface area (Å²) in [6.07, 6.45) is 4.11. The second-order valence-electron chi connectivity index (χ2n) is 6.41. The summed E-state index contributed by atoms with van der Waals surface area (Å²) in [5, 5.41) is 6.62. The van der Waals surface area contributed by atoms with Gasteiger partial charge in [-0.2, -0.15) is 5.10 Å². The van der Waals surface area contributed by atoms with Crippen molar-refractivity contribution < 1.29 is 9.59 Å². The number of para-hydroxylation sites is 1. The Hall–Kier alpha value is -2.63. The van der Waals surface area contributed by atoms with Crippen LogP contribution in [-0.2, 0) is 4.79 Å². The molecule has 2 aliphatic rings. The van der Waals surface area contributed by atoms with Crippen molar-refractivity contribution in [1.29, 1.82) is 0 Å². The Kier molecular flexibility index (Phi) is 3.80. The first-order valence-corrected chi connectivity index (χ1v) is 8.42. The predicted molar refractivity (Wildman–Crippen MR) is 89.9 cm³/mol. The van der Waals surface area contributed by atoms with E-state index in [0.29, 0.717) is 18.7 Å². The zero-order valence-corrected chi connectivity index (χ0v) is 13.4. The van der Waals surface area contributed by atoms with Crippen molar-refractivity contribution >= 4 is 17.5 Å². The van der Waals surface area contributed by atoms with Crippen LogP contribution in [0.1, 0.15) is 41.2 Å². The molecule has 2 amide bonds. The maximum atomic E-state index is 12.7. The molecule has 1 aromatic carbocycles. The van der Waals surface area contributed by atoms with E-state index in [1.807, 2.05) is 28.0 Å². The van der Waals surface area contributed by atoms with Gasteiger partial charge < -0.3 is 9.80 Å². The van der Waals surface area contributed by atoms with Gasteiger partial charge in [0.1, 0.15) is 5.69 Å². The topological polar surface area (TPSA) is 69.3 Å². The van der Waals surface area contributed by atoms with E-state index < -0.39 is 0 Å². The lowest BCUT2D eigenvalue weighted by molar-refractivity contribution is -0.127. The van der Waals surface area contributed by atoms with Gasteiger partial charge in [-0.1, -0.05) is 18.2 Å².